The van der Waals surface area contributed by atoms with Crippen LogP contribution in [0.2, 0.25) is 0 Å². The number of nitrogens with zero attached hydrogens (tertiary/aromatic N) is 2. The van der Waals surface area contributed by atoms with E-state index in [1.54, 1.807) is 4.90 Å². The van der Waals surface area contributed by atoms with Crippen LogP contribution in [-0.2, 0) is 20.7 Å². The minimum Gasteiger partial charge on any atom is -0.442 e. The van der Waals surface area contributed by atoms with Crippen LogP contribution in [0.1, 0.15) is 25.3 Å². The summed E-state index contributed by atoms with van der Waals surface area (Å²) >= 11 is 0. The maximum Gasteiger partial charge on any atom is 0.414 e. The first-order valence-corrected chi connectivity index (χ1v) is 8.67. The topological polar surface area (TPSA) is 79.0 Å². The number of carbonyl (C=O) groups excluding carboxylic acids is 3. The monoisotopic (exact) mass is 343 g/mol. The first-order chi connectivity index (χ1) is 12.0. The van der Waals surface area contributed by atoms with Gasteiger partial charge in [-0.25, -0.2) is 4.79 Å². The van der Waals surface area contributed by atoms with E-state index in [0.29, 0.717) is 25.4 Å². The fraction of sp³-hybridized carbons (Fsp3) is 0.500. The van der Waals surface area contributed by atoms with Crippen LogP contribution in [-0.4, -0.2) is 43.6 Å². The molecule has 0 aromatic heterocycles. The molecule has 2 aliphatic heterocycles. The van der Waals surface area contributed by atoms with E-state index in [-0.39, 0.29) is 17.9 Å². The van der Waals surface area contributed by atoms with Crippen molar-refractivity contribution in [2.45, 2.75) is 32.3 Å². The first kappa shape index (κ1) is 15.9. The lowest BCUT2D eigenvalue weighted by atomic mass is 10.1. The molecule has 1 aromatic rings. The average molecular weight is 343 g/mol. The molecule has 0 radical (unpaired) electrons. The van der Waals surface area contributed by atoms with Gasteiger partial charge in [-0.2, -0.15) is 0 Å². The van der Waals surface area contributed by atoms with Gasteiger partial charge in [0.1, 0.15) is 6.10 Å². The van der Waals surface area contributed by atoms with Gasteiger partial charge in [-0.15, -0.1) is 0 Å². The molecule has 1 saturated carbocycles. The van der Waals surface area contributed by atoms with Crippen LogP contribution in [0.4, 0.5) is 16.2 Å². The maximum absolute atomic E-state index is 12.3. The van der Waals surface area contributed by atoms with Crippen molar-refractivity contribution < 1.29 is 19.1 Å². The number of anilines is 2. The predicted molar refractivity (Wildman–Crippen MR) is 91.5 cm³/mol. The summed E-state index contributed by atoms with van der Waals surface area (Å²) in [4.78, 5) is 38.8. The minimum atomic E-state index is -0.422. The minimum absolute atomic E-state index is 0.131. The molecular formula is C18H21N3O4. The number of ether oxygens (including phenoxy) is 1. The highest BCUT2D eigenvalue weighted by Crippen LogP contribution is 2.37. The Morgan fingerprint density at radius 3 is 2.84 bits per heavy atom. The molecule has 4 rings (SSSR count). The molecule has 0 bridgehead atoms. The Morgan fingerprint density at radius 1 is 1.32 bits per heavy atom. The Balaban J connectivity index is 1.49. The van der Waals surface area contributed by atoms with Crippen molar-refractivity contribution in [1.82, 2.24) is 5.32 Å². The highest BCUT2D eigenvalue weighted by molar-refractivity contribution is 6.02. The van der Waals surface area contributed by atoms with Gasteiger partial charge < -0.3 is 15.0 Å². The predicted octanol–water partition coefficient (Wildman–Crippen LogP) is 1.45. The van der Waals surface area contributed by atoms with Crippen molar-refractivity contribution in [1.29, 1.82) is 0 Å². The molecule has 7 heteroatoms. The van der Waals surface area contributed by atoms with Gasteiger partial charge in [-0.1, -0.05) is 0 Å². The van der Waals surface area contributed by atoms with E-state index in [1.807, 2.05) is 23.1 Å². The van der Waals surface area contributed by atoms with Crippen LogP contribution in [0, 0.1) is 5.92 Å². The first-order valence-electron chi connectivity index (χ1n) is 8.67. The van der Waals surface area contributed by atoms with Crippen molar-refractivity contribution in [2.75, 3.05) is 29.4 Å². The van der Waals surface area contributed by atoms with Crippen LogP contribution in [0.3, 0.4) is 0 Å². The molecule has 2 heterocycles. The number of nitrogens with one attached hydrogen (secondary N) is 1. The number of hydrogen-bond acceptors (Lipinski definition) is 4. The number of cyclic esters (lactones) is 1. The summed E-state index contributed by atoms with van der Waals surface area (Å²) in [5.74, 6) is 0.616. The third kappa shape index (κ3) is 3.18. The number of amides is 3. The number of benzene rings is 1. The summed E-state index contributed by atoms with van der Waals surface area (Å²) in [7, 11) is 0. The average Bonchev–Trinajstić information content (AvgIpc) is 3.23. The van der Waals surface area contributed by atoms with Crippen LogP contribution >= 0.6 is 0 Å². The van der Waals surface area contributed by atoms with Crippen LogP contribution in [0.15, 0.2) is 18.2 Å². The molecule has 0 spiro atoms. The van der Waals surface area contributed by atoms with E-state index >= 15 is 0 Å². The van der Waals surface area contributed by atoms with Gasteiger partial charge in [0, 0.05) is 24.8 Å². The zero-order valence-electron chi connectivity index (χ0n) is 14.2. The van der Waals surface area contributed by atoms with Gasteiger partial charge in [0.15, 0.2) is 0 Å². The molecule has 3 aliphatic rings. The lowest BCUT2D eigenvalue weighted by molar-refractivity contribution is -0.119. The fourth-order valence-corrected chi connectivity index (χ4v) is 3.39. The molecule has 132 valence electrons. The van der Waals surface area contributed by atoms with E-state index < -0.39 is 6.09 Å². The quantitative estimate of drug-likeness (QED) is 0.878. The number of fused-ring (bicyclic) bond motifs is 1. The van der Waals surface area contributed by atoms with E-state index in [1.165, 1.54) is 19.8 Å². The lowest BCUT2D eigenvalue weighted by Crippen LogP contribution is -2.33. The number of hydrogen-bond donors (Lipinski definition) is 1. The number of rotatable bonds is 5. The second-order valence-corrected chi connectivity index (χ2v) is 6.99. The summed E-state index contributed by atoms with van der Waals surface area (Å²) in [6, 6.07) is 5.69. The van der Waals surface area contributed by atoms with E-state index in [2.05, 4.69) is 5.32 Å². The third-order valence-corrected chi connectivity index (χ3v) is 4.90. The van der Waals surface area contributed by atoms with E-state index in [9.17, 15) is 14.4 Å². The highest BCUT2D eigenvalue weighted by atomic mass is 16.6. The Hall–Kier alpha value is -2.57. The van der Waals surface area contributed by atoms with Gasteiger partial charge in [-0.05, 0) is 42.5 Å². The normalized spacial score (nSPS) is 22.2. The van der Waals surface area contributed by atoms with Crippen LogP contribution in [0.5, 0.6) is 0 Å². The van der Waals surface area contributed by atoms with E-state index in [0.717, 1.165) is 23.5 Å². The van der Waals surface area contributed by atoms with Gasteiger partial charge in [0.25, 0.3) is 0 Å². The summed E-state index contributed by atoms with van der Waals surface area (Å²) < 4.78 is 5.30. The standard InChI is InChI=1S/C18H21N3O4/c1-11(22)19-8-15-10-20(18(24)25-15)14-4-5-16-13(6-14)7-17(23)21(16)9-12-2-3-12/h4-6,12,15H,2-3,7-10H2,1H3,(H,19,22)/t15-/m1/s1. The van der Waals surface area contributed by atoms with Crippen molar-refractivity contribution >= 4 is 29.3 Å². The smallest absolute Gasteiger partial charge is 0.414 e. The molecule has 0 unspecified atom stereocenters. The van der Waals surface area contributed by atoms with Gasteiger partial charge in [0.05, 0.1) is 19.5 Å². The summed E-state index contributed by atoms with van der Waals surface area (Å²) in [6.45, 7) is 2.92. The highest BCUT2D eigenvalue weighted by Gasteiger charge is 2.36. The Labute approximate surface area is 145 Å². The fourth-order valence-electron chi connectivity index (χ4n) is 3.39. The molecule has 1 aliphatic carbocycles. The Kier molecular flexibility index (Phi) is 3.86. The molecule has 1 saturated heterocycles. The molecule has 25 heavy (non-hydrogen) atoms. The largest absolute Gasteiger partial charge is 0.442 e. The Bertz CT molecular complexity index is 744. The van der Waals surface area contributed by atoms with Crippen molar-refractivity contribution in [3.05, 3.63) is 23.8 Å². The Morgan fingerprint density at radius 2 is 2.12 bits per heavy atom. The molecule has 2 fully saturated rings. The SMILES string of the molecule is CC(=O)NC[C@@H]1CN(c2ccc3c(c2)CC(=O)N3CC2CC2)C(=O)O1. The summed E-state index contributed by atoms with van der Waals surface area (Å²) in [5, 5.41) is 2.66. The molecule has 1 aromatic carbocycles. The second kappa shape index (κ2) is 6.06. The zero-order valence-corrected chi connectivity index (χ0v) is 14.2. The molecule has 7 nitrogen and oxygen atoms in total. The maximum atomic E-state index is 12.3. The van der Waals surface area contributed by atoms with Crippen molar-refractivity contribution in [3.63, 3.8) is 0 Å². The van der Waals surface area contributed by atoms with E-state index in [4.69, 9.17) is 4.74 Å². The summed E-state index contributed by atoms with van der Waals surface area (Å²) in [6.07, 6.45) is 2.00. The molecule has 1 N–H and O–H groups in total. The third-order valence-electron chi connectivity index (χ3n) is 4.90. The molecular weight excluding hydrogens is 322 g/mol. The zero-order chi connectivity index (χ0) is 17.6. The van der Waals surface area contributed by atoms with Crippen LogP contribution in [0.25, 0.3) is 0 Å². The lowest BCUT2D eigenvalue weighted by Gasteiger charge is -2.18. The number of carbonyl (C=O) groups is 3. The molecule has 1 atom stereocenters. The molecule has 3 amide bonds. The van der Waals surface area contributed by atoms with Gasteiger partial charge in [0.2, 0.25) is 11.8 Å². The van der Waals surface area contributed by atoms with Crippen molar-refractivity contribution in [2.24, 2.45) is 5.92 Å². The second-order valence-electron chi connectivity index (χ2n) is 6.99. The van der Waals surface area contributed by atoms with Crippen LogP contribution < -0.4 is 15.1 Å². The van der Waals surface area contributed by atoms with Crippen molar-refractivity contribution in [3.8, 4) is 0 Å². The summed E-state index contributed by atoms with van der Waals surface area (Å²) in [5.41, 5.74) is 2.65. The van der Waals surface area contributed by atoms with Gasteiger partial charge >= 0.3 is 6.09 Å². The van der Waals surface area contributed by atoms with Gasteiger partial charge in [-0.3, -0.25) is 14.5 Å².